The van der Waals surface area contributed by atoms with E-state index in [2.05, 4.69) is 38.0 Å². The molecule has 0 fully saturated rings. The summed E-state index contributed by atoms with van der Waals surface area (Å²) in [6.07, 6.45) is 3.67. The Balaban J connectivity index is 1.52. The number of para-hydroxylation sites is 1. The number of carbonyl (C=O) groups excluding carboxylic acids is 1. The second-order valence-electron chi connectivity index (χ2n) is 11.5. The van der Waals surface area contributed by atoms with Gasteiger partial charge in [-0.25, -0.2) is 14.6 Å². The van der Waals surface area contributed by atoms with Crippen LogP contribution in [0.5, 0.6) is 0 Å². The van der Waals surface area contributed by atoms with E-state index in [1.54, 1.807) is 6.20 Å². The zero-order chi connectivity index (χ0) is 25.9. The molecule has 4 aromatic rings. The Morgan fingerprint density at radius 1 is 0.973 bits per heavy atom. The van der Waals surface area contributed by atoms with Crippen LogP contribution in [-0.4, -0.2) is 25.5 Å². The van der Waals surface area contributed by atoms with Gasteiger partial charge in [-0.2, -0.15) is 5.10 Å². The van der Waals surface area contributed by atoms with Gasteiger partial charge in [-0.05, 0) is 43.0 Å². The lowest BCUT2D eigenvalue weighted by molar-refractivity contribution is -0.116. The fourth-order valence-electron chi connectivity index (χ4n) is 5.63. The summed E-state index contributed by atoms with van der Waals surface area (Å²) in [5.41, 5.74) is 5.58. The van der Waals surface area contributed by atoms with Gasteiger partial charge < -0.3 is 9.73 Å². The number of aryl methyl sites for hydroxylation is 1. The molecule has 1 aromatic carbocycles. The largest absolute Gasteiger partial charge is 0.435 e. The second kappa shape index (κ2) is 8.26. The Labute approximate surface area is 216 Å². The fourth-order valence-corrected chi connectivity index (χ4v) is 5.63. The second-order valence-corrected chi connectivity index (χ2v) is 11.5. The van der Waals surface area contributed by atoms with Gasteiger partial charge in [0.05, 0.1) is 28.2 Å². The summed E-state index contributed by atoms with van der Waals surface area (Å²) in [4.78, 5) is 23.1. The molecule has 0 saturated heterocycles. The third kappa shape index (κ3) is 3.99. The molecular weight excluding hydrogens is 462 g/mol. The molecule has 0 amide bonds. The van der Waals surface area contributed by atoms with Gasteiger partial charge in [0.1, 0.15) is 0 Å². The van der Waals surface area contributed by atoms with Crippen LogP contribution in [0.2, 0.25) is 0 Å². The van der Waals surface area contributed by atoms with E-state index in [-0.39, 0.29) is 16.6 Å². The van der Waals surface area contributed by atoms with Crippen molar-refractivity contribution in [3.8, 4) is 17.1 Å². The number of benzene rings is 1. The summed E-state index contributed by atoms with van der Waals surface area (Å²) in [6.45, 7) is 10.6. The smallest absolute Gasteiger partial charge is 0.232 e. The molecule has 1 N–H and O–H groups in total. The Hall–Kier alpha value is -4.00. The zero-order valence-electron chi connectivity index (χ0n) is 21.9. The van der Waals surface area contributed by atoms with Crippen molar-refractivity contribution in [2.24, 2.45) is 5.41 Å². The Morgan fingerprint density at radius 2 is 1.73 bits per heavy atom. The topological polar surface area (TPSA) is 85.8 Å². The normalized spacial score (nSPS) is 17.9. The Kier molecular flexibility index (Phi) is 5.23. The maximum absolute atomic E-state index is 13.6. The maximum Gasteiger partial charge on any atom is 0.232 e. The van der Waals surface area contributed by atoms with Crippen LogP contribution in [0.15, 0.2) is 64.8 Å². The van der Waals surface area contributed by atoms with Gasteiger partial charge in [-0.15, -0.1) is 0 Å². The third-order valence-electron chi connectivity index (χ3n) is 7.28. The highest BCUT2D eigenvalue weighted by atomic mass is 16.4. The molecule has 0 spiro atoms. The van der Waals surface area contributed by atoms with Crippen LogP contribution >= 0.6 is 0 Å². The monoisotopic (exact) mass is 493 g/mol. The number of Topliss-reactive ketones (excluding diaryl/α,β-unsaturated/α-hetero) is 1. The molecular formula is C30H31N5O2. The van der Waals surface area contributed by atoms with Crippen LogP contribution in [-0.2, 0) is 16.6 Å². The average molecular weight is 494 g/mol. The van der Waals surface area contributed by atoms with E-state index in [9.17, 15) is 4.79 Å². The number of allylic oxidation sites excluding steroid dienone is 2. The summed E-state index contributed by atoms with van der Waals surface area (Å²) < 4.78 is 8.45. The lowest BCUT2D eigenvalue weighted by Crippen LogP contribution is -2.28. The molecule has 7 heteroatoms. The number of aromatic nitrogens is 4. The van der Waals surface area contributed by atoms with Gasteiger partial charge in [-0.1, -0.05) is 52.0 Å². The van der Waals surface area contributed by atoms with Gasteiger partial charge in [0.15, 0.2) is 17.4 Å². The molecule has 7 nitrogen and oxygen atoms in total. The summed E-state index contributed by atoms with van der Waals surface area (Å²) in [6, 6.07) is 15.8. The van der Waals surface area contributed by atoms with Gasteiger partial charge in [-0.3, -0.25) is 4.79 Å². The summed E-state index contributed by atoms with van der Waals surface area (Å²) in [5, 5.41) is 8.34. The Morgan fingerprint density at radius 3 is 2.46 bits per heavy atom. The fraction of sp³-hybridized carbons (Fsp3) is 0.333. The molecule has 0 unspecified atom stereocenters. The molecule has 6 rings (SSSR count). The van der Waals surface area contributed by atoms with Crippen molar-refractivity contribution in [2.45, 2.75) is 59.3 Å². The summed E-state index contributed by atoms with van der Waals surface area (Å²) in [7, 11) is 0. The first-order chi connectivity index (χ1) is 17.6. The van der Waals surface area contributed by atoms with Crippen LogP contribution in [0.4, 0.5) is 5.69 Å². The molecule has 0 bridgehead atoms. The maximum atomic E-state index is 13.6. The van der Waals surface area contributed by atoms with Crippen molar-refractivity contribution < 1.29 is 9.21 Å². The van der Waals surface area contributed by atoms with Crippen molar-refractivity contribution in [3.63, 3.8) is 0 Å². The molecule has 37 heavy (non-hydrogen) atoms. The first-order valence-electron chi connectivity index (χ1n) is 12.7. The van der Waals surface area contributed by atoms with Crippen molar-refractivity contribution in [1.29, 1.82) is 0 Å². The lowest BCUT2D eigenvalue weighted by atomic mass is 9.75. The number of rotatable bonds is 4. The quantitative estimate of drug-likeness (QED) is 0.360. The predicted octanol–water partition coefficient (Wildman–Crippen LogP) is 6.28. The van der Waals surface area contributed by atoms with Crippen molar-refractivity contribution in [1.82, 2.24) is 19.7 Å². The first kappa shape index (κ1) is 23.4. The van der Waals surface area contributed by atoms with Crippen LogP contribution in [0.1, 0.15) is 63.5 Å². The molecule has 0 atom stereocenters. The molecule has 3 aromatic heterocycles. The average Bonchev–Trinajstić information content (AvgIpc) is 3.41. The number of oxazole rings is 1. The summed E-state index contributed by atoms with van der Waals surface area (Å²) in [5.74, 6) is 1.90. The van der Waals surface area contributed by atoms with Crippen LogP contribution in [0.25, 0.3) is 22.7 Å². The predicted molar refractivity (Wildman–Crippen MR) is 143 cm³/mol. The summed E-state index contributed by atoms with van der Waals surface area (Å²) >= 11 is 0. The molecule has 0 radical (unpaired) electrons. The number of hydrogen-bond acceptors (Lipinski definition) is 6. The number of nitrogens with one attached hydrogen (secondary N) is 1. The number of anilines is 1. The highest BCUT2D eigenvalue weighted by molar-refractivity contribution is 6.21. The molecule has 0 aliphatic heterocycles. The molecule has 2 aliphatic rings. The van der Waals surface area contributed by atoms with E-state index < -0.39 is 0 Å². The number of pyridine rings is 1. The highest BCUT2D eigenvalue weighted by Gasteiger charge is 2.42. The van der Waals surface area contributed by atoms with Gasteiger partial charge in [0, 0.05) is 35.8 Å². The standard InChI is InChI=1S/C30H31N5O2/c1-18-24-21(35(34-18)23-13-9-10-14-31-23)16-30(4,5)27-26(24)37-28(33-27)25-20(15-29(2,3)17-22(25)36)32-19-11-7-6-8-12-19/h6-14,32H,15-17H2,1-5H3. The lowest BCUT2D eigenvalue weighted by Gasteiger charge is -2.31. The minimum absolute atomic E-state index is 0.0483. The molecule has 0 saturated carbocycles. The number of fused-ring (bicyclic) bond motifs is 3. The minimum atomic E-state index is -0.312. The van der Waals surface area contributed by atoms with Crippen LogP contribution < -0.4 is 5.32 Å². The van der Waals surface area contributed by atoms with E-state index in [1.165, 1.54) is 0 Å². The molecule has 188 valence electrons. The van der Waals surface area contributed by atoms with Crippen molar-refractivity contribution >= 4 is 17.0 Å². The zero-order valence-corrected chi connectivity index (χ0v) is 21.9. The number of nitrogens with zero attached hydrogens (tertiary/aromatic N) is 4. The van der Waals surface area contributed by atoms with E-state index in [1.807, 2.05) is 60.1 Å². The Bertz CT molecular complexity index is 1540. The van der Waals surface area contributed by atoms with E-state index >= 15 is 0 Å². The molecule has 2 aliphatic carbocycles. The first-order valence-corrected chi connectivity index (χ1v) is 12.7. The van der Waals surface area contributed by atoms with Crippen molar-refractivity contribution in [3.05, 3.63) is 83.4 Å². The van der Waals surface area contributed by atoms with Gasteiger partial charge >= 0.3 is 0 Å². The number of hydrogen-bond donors (Lipinski definition) is 1. The van der Waals surface area contributed by atoms with Gasteiger partial charge in [0.2, 0.25) is 5.89 Å². The number of carbonyl (C=O) groups is 1. The van der Waals surface area contributed by atoms with Crippen molar-refractivity contribution in [2.75, 3.05) is 5.32 Å². The van der Waals surface area contributed by atoms with Gasteiger partial charge in [0.25, 0.3) is 0 Å². The van der Waals surface area contributed by atoms with E-state index in [4.69, 9.17) is 14.5 Å². The number of ketones is 1. The van der Waals surface area contributed by atoms with Crippen LogP contribution in [0.3, 0.4) is 0 Å². The van der Waals surface area contributed by atoms with E-state index in [0.29, 0.717) is 23.6 Å². The molecule has 3 heterocycles. The highest BCUT2D eigenvalue weighted by Crippen LogP contribution is 2.47. The minimum Gasteiger partial charge on any atom is -0.435 e. The third-order valence-corrected chi connectivity index (χ3v) is 7.28. The SMILES string of the molecule is Cc1nn(-c2ccccn2)c2c1-c1oc(C3=C(Nc4ccccc4)CC(C)(C)CC3=O)nc1C(C)(C)C2. The van der Waals surface area contributed by atoms with E-state index in [0.717, 1.165) is 52.7 Å². The van der Waals surface area contributed by atoms with Crippen LogP contribution in [0, 0.1) is 12.3 Å².